The number of benzene rings is 1. The van der Waals surface area contributed by atoms with E-state index >= 15 is 0 Å². The van der Waals surface area contributed by atoms with Crippen LogP contribution in [0.15, 0.2) is 23.1 Å². The Hall–Kier alpha value is -0.180. The van der Waals surface area contributed by atoms with Gasteiger partial charge in [0.2, 0.25) is 0 Å². The number of nitrogens with one attached hydrogen (secondary N) is 1. The zero-order valence-corrected chi connectivity index (χ0v) is 13.6. The van der Waals surface area contributed by atoms with Crippen LogP contribution in [-0.4, -0.2) is 10.8 Å². The van der Waals surface area contributed by atoms with Gasteiger partial charge < -0.3 is 5.32 Å². The topological polar surface area (TPSA) is 12.0 Å². The van der Waals surface area contributed by atoms with E-state index in [9.17, 15) is 0 Å². The van der Waals surface area contributed by atoms with Crippen molar-refractivity contribution in [3.8, 4) is 0 Å². The lowest BCUT2D eigenvalue weighted by molar-refractivity contribution is 0.422. The molecule has 0 aromatic heterocycles. The van der Waals surface area contributed by atoms with Crippen LogP contribution in [0.25, 0.3) is 0 Å². The molecule has 0 heterocycles. The van der Waals surface area contributed by atoms with Crippen LogP contribution < -0.4 is 5.32 Å². The van der Waals surface area contributed by atoms with E-state index in [4.69, 9.17) is 11.6 Å². The summed E-state index contributed by atoms with van der Waals surface area (Å²) in [5, 5.41) is 4.97. The molecule has 0 radical (unpaired) electrons. The second-order valence-electron chi connectivity index (χ2n) is 5.69. The molecular weight excluding hydrogens is 262 g/mol. The normalized spacial score (nSPS) is 13.7. The molecule has 3 heteroatoms. The summed E-state index contributed by atoms with van der Waals surface area (Å²) in [6, 6.07) is 6.19. The van der Waals surface area contributed by atoms with Crippen molar-refractivity contribution >= 4 is 23.4 Å². The van der Waals surface area contributed by atoms with Gasteiger partial charge in [0.15, 0.2) is 0 Å². The zero-order valence-electron chi connectivity index (χ0n) is 12.0. The third kappa shape index (κ3) is 5.64. The number of halogens is 1. The first-order chi connectivity index (χ1) is 8.31. The van der Waals surface area contributed by atoms with Crippen molar-refractivity contribution in [3.63, 3.8) is 0 Å². The van der Waals surface area contributed by atoms with Crippen molar-refractivity contribution in [2.24, 2.45) is 0 Å². The quantitative estimate of drug-likeness (QED) is 0.754. The molecule has 0 amide bonds. The summed E-state index contributed by atoms with van der Waals surface area (Å²) in [5.41, 5.74) is 1.47. The fourth-order valence-corrected chi connectivity index (χ4v) is 2.77. The minimum atomic E-state index is 0.137. The van der Waals surface area contributed by atoms with Crippen molar-refractivity contribution in [1.82, 2.24) is 5.32 Å². The second-order valence-corrected chi connectivity index (χ2v) is 7.61. The fourth-order valence-electron chi connectivity index (χ4n) is 1.44. The van der Waals surface area contributed by atoms with Crippen LogP contribution in [0.1, 0.15) is 46.6 Å². The summed E-state index contributed by atoms with van der Waals surface area (Å²) in [6.07, 6.45) is 1.17. The Balaban J connectivity index is 2.82. The highest BCUT2D eigenvalue weighted by Gasteiger charge is 2.12. The maximum atomic E-state index is 6.10. The van der Waals surface area contributed by atoms with Gasteiger partial charge in [-0.1, -0.05) is 31.5 Å². The average molecular weight is 286 g/mol. The molecule has 0 bridgehead atoms. The minimum Gasteiger partial charge on any atom is -0.308 e. The maximum Gasteiger partial charge on any atom is 0.0417 e. The summed E-state index contributed by atoms with van der Waals surface area (Å²) in [5.74, 6) is 0. The predicted octanol–water partition coefficient (Wildman–Crippen LogP) is 5.12. The molecule has 102 valence electrons. The Kier molecular flexibility index (Phi) is 6.03. The van der Waals surface area contributed by atoms with Gasteiger partial charge in [-0.25, -0.2) is 0 Å². The summed E-state index contributed by atoms with van der Waals surface area (Å²) < 4.78 is 0. The predicted molar refractivity (Wildman–Crippen MR) is 83.7 cm³/mol. The van der Waals surface area contributed by atoms with E-state index < -0.39 is 0 Å². The van der Waals surface area contributed by atoms with Gasteiger partial charge in [0.1, 0.15) is 0 Å². The van der Waals surface area contributed by atoms with E-state index in [0.29, 0.717) is 5.25 Å². The van der Waals surface area contributed by atoms with Gasteiger partial charge in [0.25, 0.3) is 0 Å². The lowest BCUT2D eigenvalue weighted by Gasteiger charge is -2.22. The molecule has 0 spiro atoms. The SMILES string of the molecule is CCC(C)Sc1cc(Cl)ccc1CNC(C)(C)C. The first kappa shape index (κ1) is 15.9. The third-order valence-electron chi connectivity index (χ3n) is 2.74. The van der Waals surface area contributed by atoms with Crippen LogP contribution >= 0.6 is 23.4 Å². The molecule has 1 rings (SSSR count). The van der Waals surface area contributed by atoms with Crippen LogP contribution in [0.3, 0.4) is 0 Å². The molecule has 1 nitrogen and oxygen atoms in total. The minimum absolute atomic E-state index is 0.137. The lowest BCUT2D eigenvalue weighted by Crippen LogP contribution is -2.35. The summed E-state index contributed by atoms with van der Waals surface area (Å²) in [4.78, 5) is 1.30. The number of rotatable bonds is 5. The smallest absolute Gasteiger partial charge is 0.0417 e. The summed E-state index contributed by atoms with van der Waals surface area (Å²) in [6.45, 7) is 11.9. The highest BCUT2D eigenvalue weighted by molar-refractivity contribution is 8.00. The van der Waals surface area contributed by atoms with E-state index in [1.165, 1.54) is 16.9 Å². The molecular formula is C15H24ClNS. The van der Waals surface area contributed by atoms with Crippen LogP contribution in [0.5, 0.6) is 0 Å². The standard InChI is InChI=1S/C15H24ClNS/c1-6-11(2)18-14-9-13(16)8-7-12(14)10-17-15(3,4)5/h7-9,11,17H,6,10H2,1-5H3. The van der Waals surface area contributed by atoms with Crippen LogP contribution in [0.4, 0.5) is 0 Å². The number of hydrogen-bond donors (Lipinski definition) is 1. The van der Waals surface area contributed by atoms with Crippen molar-refractivity contribution in [3.05, 3.63) is 28.8 Å². The molecule has 0 aliphatic carbocycles. The lowest BCUT2D eigenvalue weighted by atomic mass is 10.1. The van der Waals surface area contributed by atoms with Crippen molar-refractivity contribution in [1.29, 1.82) is 0 Å². The molecule has 1 aromatic carbocycles. The van der Waals surface area contributed by atoms with E-state index in [1.54, 1.807) is 0 Å². The Morgan fingerprint density at radius 2 is 2.00 bits per heavy atom. The largest absolute Gasteiger partial charge is 0.308 e. The van der Waals surface area contributed by atoms with E-state index in [1.807, 2.05) is 17.8 Å². The molecule has 18 heavy (non-hydrogen) atoms. The molecule has 0 fully saturated rings. The van der Waals surface area contributed by atoms with Crippen molar-refractivity contribution in [2.45, 2.75) is 63.3 Å². The number of hydrogen-bond acceptors (Lipinski definition) is 2. The highest BCUT2D eigenvalue weighted by Crippen LogP contribution is 2.31. The summed E-state index contributed by atoms with van der Waals surface area (Å²) >= 11 is 8.01. The molecule has 0 aliphatic heterocycles. The molecule has 1 N–H and O–H groups in total. The maximum absolute atomic E-state index is 6.10. The highest BCUT2D eigenvalue weighted by atomic mass is 35.5. The second kappa shape index (κ2) is 6.83. The van der Waals surface area contributed by atoms with Crippen LogP contribution in [0.2, 0.25) is 5.02 Å². The summed E-state index contributed by atoms with van der Waals surface area (Å²) in [7, 11) is 0. The van der Waals surface area contributed by atoms with Crippen molar-refractivity contribution in [2.75, 3.05) is 0 Å². The molecule has 1 aromatic rings. The monoisotopic (exact) mass is 285 g/mol. The Morgan fingerprint density at radius 3 is 2.56 bits per heavy atom. The van der Waals surface area contributed by atoms with Crippen LogP contribution in [0, 0.1) is 0 Å². The Morgan fingerprint density at radius 1 is 1.33 bits per heavy atom. The first-order valence-electron chi connectivity index (χ1n) is 6.52. The average Bonchev–Trinajstić information content (AvgIpc) is 2.26. The Bertz CT molecular complexity index is 385. The van der Waals surface area contributed by atoms with E-state index in [-0.39, 0.29) is 5.54 Å². The van der Waals surface area contributed by atoms with Gasteiger partial charge >= 0.3 is 0 Å². The van der Waals surface area contributed by atoms with Gasteiger partial charge in [-0.3, -0.25) is 0 Å². The van der Waals surface area contributed by atoms with Gasteiger partial charge in [0, 0.05) is 27.3 Å². The van der Waals surface area contributed by atoms with Gasteiger partial charge in [-0.2, -0.15) is 0 Å². The van der Waals surface area contributed by atoms with E-state index in [2.05, 4.69) is 52.1 Å². The molecule has 0 aliphatic rings. The molecule has 0 saturated carbocycles. The van der Waals surface area contributed by atoms with Crippen LogP contribution in [-0.2, 0) is 6.54 Å². The Labute approximate surface area is 121 Å². The fraction of sp³-hybridized carbons (Fsp3) is 0.600. The molecule has 0 saturated heterocycles. The van der Waals surface area contributed by atoms with Crippen molar-refractivity contribution < 1.29 is 0 Å². The van der Waals surface area contributed by atoms with Gasteiger partial charge in [-0.15, -0.1) is 11.8 Å². The van der Waals surface area contributed by atoms with Gasteiger partial charge in [0.05, 0.1) is 0 Å². The van der Waals surface area contributed by atoms with E-state index in [0.717, 1.165) is 11.6 Å². The zero-order chi connectivity index (χ0) is 13.8. The third-order valence-corrected chi connectivity index (χ3v) is 4.35. The molecule has 1 unspecified atom stereocenters. The van der Waals surface area contributed by atoms with Gasteiger partial charge in [-0.05, 0) is 44.9 Å². The molecule has 1 atom stereocenters. The first-order valence-corrected chi connectivity index (χ1v) is 7.77. The number of thioether (sulfide) groups is 1.